The van der Waals surface area contributed by atoms with Crippen LogP contribution in [0.25, 0.3) is 0 Å². The van der Waals surface area contributed by atoms with Gasteiger partial charge in [0, 0.05) is 12.3 Å². The van der Waals surface area contributed by atoms with Gasteiger partial charge in [-0.05, 0) is 39.0 Å². The highest BCUT2D eigenvalue weighted by atomic mass is 14.8. The molecule has 16 heavy (non-hydrogen) atoms. The van der Waals surface area contributed by atoms with Crippen molar-refractivity contribution in [3.8, 4) is 0 Å². The van der Waals surface area contributed by atoms with E-state index in [9.17, 15) is 0 Å². The van der Waals surface area contributed by atoms with E-state index in [1.54, 1.807) is 5.57 Å². The van der Waals surface area contributed by atoms with Crippen molar-refractivity contribution in [3.63, 3.8) is 0 Å². The van der Waals surface area contributed by atoms with Gasteiger partial charge in [-0.1, -0.05) is 35.5 Å². The maximum Gasteiger partial charge on any atom is 0.0654 e. The van der Waals surface area contributed by atoms with E-state index in [2.05, 4.69) is 38.2 Å². The SMILES string of the molecule is CC(C)=C1CC2C=CC1(C1=NCCC1)C=C2. The van der Waals surface area contributed by atoms with Crippen LogP contribution in [0.4, 0.5) is 0 Å². The summed E-state index contributed by atoms with van der Waals surface area (Å²) < 4.78 is 0. The maximum absolute atomic E-state index is 4.74. The number of fused-ring (bicyclic) bond motifs is 1. The molecule has 0 spiro atoms. The molecule has 0 aromatic heterocycles. The van der Waals surface area contributed by atoms with Crippen molar-refractivity contribution < 1.29 is 0 Å². The van der Waals surface area contributed by atoms with Gasteiger partial charge in [-0.3, -0.25) is 4.99 Å². The first kappa shape index (κ1) is 10.1. The Bertz CT molecular complexity index is 416. The summed E-state index contributed by atoms with van der Waals surface area (Å²) in [6.45, 7) is 5.52. The molecule has 0 saturated carbocycles. The molecule has 4 rings (SSSR count). The molecule has 4 aliphatic rings. The van der Waals surface area contributed by atoms with Crippen molar-refractivity contribution >= 4 is 5.71 Å². The summed E-state index contributed by atoms with van der Waals surface area (Å²) in [5.74, 6) is 0.633. The first-order chi connectivity index (χ1) is 7.72. The first-order valence-corrected chi connectivity index (χ1v) is 6.32. The van der Waals surface area contributed by atoms with Gasteiger partial charge in [-0.15, -0.1) is 0 Å². The zero-order chi connectivity index (χ0) is 11.2. The van der Waals surface area contributed by atoms with E-state index in [1.807, 2.05) is 0 Å². The normalized spacial score (nSPS) is 35.8. The van der Waals surface area contributed by atoms with E-state index in [4.69, 9.17) is 4.99 Å². The maximum atomic E-state index is 4.74. The lowest BCUT2D eigenvalue weighted by Gasteiger charge is -2.41. The second-order valence-electron chi connectivity index (χ2n) is 5.37. The monoisotopic (exact) mass is 213 g/mol. The summed E-state index contributed by atoms with van der Waals surface area (Å²) >= 11 is 0. The summed E-state index contributed by atoms with van der Waals surface area (Å²) in [4.78, 5) is 4.74. The Morgan fingerprint density at radius 3 is 2.62 bits per heavy atom. The predicted molar refractivity (Wildman–Crippen MR) is 68.7 cm³/mol. The number of nitrogens with zero attached hydrogens (tertiary/aromatic N) is 1. The van der Waals surface area contributed by atoms with Crippen LogP contribution in [0.5, 0.6) is 0 Å². The molecular formula is C15H19N. The zero-order valence-electron chi connectivity index (χ0n) is 10.2. The second-order valence-corrected chi connectivity index (χ2v) is 5.37. The molecule has 0 aromatic carbocycles. The highest BCUT2D eigenvalue weighted by molar-refractivity contribution is 5.98. The highest BCUT2D eigenvalue weighted by Crippen LogP contribution is 2.48. The van der Waals surface area contributed by atoms with Crippen LogP contribution in [-0.2, 0) is 0 Å². The van der Waals surface area contributed by atoms with Crippen molar-refractivity contribution in [3.05, 3.63) is 35.5 Å². The van der Waals surface area contributed by atoms with Crippen LogP contribution in [0.3, 0.4) is 0 Å². The fourth-order valence-electron chi connectivity index (χ4n) is 3.27. The Morgan fingerprint density at radius 1 is 1.31 bits per heavy atom. The Kier molecular flexibility index (Phi) is 2.17. The third-order valence-corrected chi connectivity index (χ3v) is 4.11. The lowest BCUT2D eigenvalue weighted by atomic mass is 9.63. The molecule has 1 nitrogen and oxygen atoms in total. The summed E-state index contributed by atoms with van der Waals surface area (Å²) in [6.07, 6.45) is 13.1. The topological polar surface area (TPSA) is 12.4 Å². The summed E-state index contributed by atoms with van der Waals surface area (Å²) in [5.41, 5.74) is 4.55. The lowest BCUT2D eigenvalue weighted by molar-refractivity contribution is 0.585. The van der Waals surface area contributed by atoms with Crippen LogP contribution in [0, 0.1) is 11.3 Å². The van der Waals surface area contributed by atoms with E-state index in [0.29, 0.717) is 5.92 Å². The zero-order valence-corrected chi connectivity index (χ0v) is 10.2. The lowest BCUT2D eigenvalue weighted by Crippen LogP contribution is -2.35. The van der Waals surface area contributed by atoms with Gasteiger partial charge in [0.1, 0.15) is 0 Å². The molecule has 1 aliphatic heterocycles. The van der Waals surface area contributed by atoms with Gasteiger partial charge in [-0.25, -0.2) is 0 Å². The van der Waals surface area contributed by atoms with Crippen LogP contribution >= 0.6 is 0 Å². The molecule has 0 aromatic rings. The van der Waals surface area contributed by atoms with Crippen molar-refractivity contribution in [1.82, 2.24) is 0 Å². The van der Waals surface area contributed by atoms with Crippen molar-refractivity contribution in [2.45, 2.75) is 33.1 Å². The average Bonchev–Trinajstić information content (AvgIpc) is 2.84. The number of aliphatic imine (C=N–C) groups is 1. The second kappa shape index (κ2) is 3.44. The van der Waals surface area contributed by atoms with E-state index >= 15 is 0 Å². The molecule has 0 atom stereocenters. The molecule has 0 fully saturated rings. The molecule has 0 radical (unpaired) electrons. The molecule has 3 aliphatic carbocycles. The molecule has 0 unspecified atom stereocenters. The first-order valence-electron chi connectivity index (χ1n) is 6.32. The fourth-order valence-corrected chi connectivity index (χ4v) is 3.27. The Balaban J connectivity index is 2.14. The molecular weight excluding hydrogens is 194 g/mol. The molecule has 0 N–H and O–H groups in total. The van der Waals surface area contributed by atoms with Gasteiger partial charge in [0.05, 0.1) is 5.41 Å². The van der Waals surface area contributed by atoms with Crippen molar-refractivity contribution in [2.75, 3.05) is 6.54 Å². The third-order valence-electron chi connectivity index (χ3n) is 4.11. The molecule has 1 heterocycles. The van der Waals surface area contributed by atoms with Crippen LogP contribution in [0.2, 0.25) is 0 Å². The number of hydrogen-bond donors (Lipinski definition) is 0. The smallest absolute Gasteiger partial charge is 0.0654 e. The number of rotatable bonds is 1. The number of allylic oxidation sites excluding steroid dienone is 6. The fraction of sp³-hybridized carbons (Fsp3) is 0.533. The summed E-state index contributed by atoms with van der Waals surface area (Å²) in [5, 5.41) is 0. The van der Waals surface area contributed by atoms with Gasteiger partial charge in [-0.2, -0.15) is 0 Å². The minimum atomic E-state index is 0.0735. The quantitative estimate of drug-likeness (QED) is 0.589. The van der Waals surface area contributed by atoms with Crippen molar-refractivity contribution in [2.24, 2.45) is 16.3 Å². The minimum absolute atomic E-state index is 0.0735. The molecule has 0 saturated heterocycles. The summed E-state index contributed by atoms with van der Waals surface area (Å²) in [6, 6.07) is 0. The van der Waals surface area contributed by atoms with Crippen molar-refractivity contribution in [1.29, 1.82) is 0 Å². The van der Waals surface area contributed by atoms with Gasteiger partial charge >= 0.3 is 0 Å². The van der Waals surface area contributed by atoms with Gasteiger partial charge in [0.25, 0.3) is 0 Å². The minimum Gasteiger partial charge on any atom is -0.293 e. The van der Waals surface area contributed by atoms with E-state index < -0.39 is 0 Å². The standard InChI is InChI=1S/C15H19N/c1-11(2)13-10-12-5-7-15(13,8-6-12)14-4-3-9-16-14/h5-8,12H,3-4,9-10H2,1-2H3. The van der Waals surface area contributed by atoms with E-state index in [1.165, 1.54) is 30.5 Å². The van der Waals surface area contributed by atoms with Crippen LogP contribution in [-0.4, -0.2) is 12.3 Å². The van der Waals surface area contributed by atoms with Gasteiger partial charge < -0.3 is 0 Å². The van der Waals surface area contributed by atoms with Crippen LogP contribution in [0.1, 0.15) is 33.1 Å². The van der Waals surface area contributed by atoms with Crippen LogP contribution < -0.4 is 0 Å². The third kappa shape index (κ3) is 1.27. The van der Waals surface area contributed by atoms with E-state index in [0.717, 1.165) is 6.54 Å². The Morgan fingerprint density at radius 2 is 2.06 bits per heavy atom. The molecule has 0 amide bonds. The molecule has 1 heteroatoms. The van der Waals surface area contributed by atoms with Crippen LogP contribution in [0.15, 0.2) is 40.4 Å². The van der Waals surface area contributed by atoms with Gasteiger partial charge in [0.15, 0.2) is 0 Å². The summed E-state index contributed by atoms with van der Waals surface area (Å²) in [7, 11) is 0. The van der Waals surface area contributed by atoms with Gasteiger partial charge in [0.2, 0.25) is 0 Å². The average molecular weight is 213 g/mol. The highest BCUT2D eigenvalue weighted by Gasteiger charge is 2.41. The number of hydrogen-bond acceptors (Lipinski definition) is 1. The predicted octanol–water partition coefficient (Wildman–Crippen LogP) is 3.69. The Hall–Kier alpha value is -1.11. The largest absolute Gasteiger partial charge is 0.293 e. The molecule has 2 bridgehead atoms. The Labute approximate surface area is 97.7 Å². The van der Waals surface area contributed by atoms with E-state index in [-0.39, 0.29) is 5.41 Å². The molecule has 84 valence electrons.